The number of aromatic nitrogens is 3. The highest BCUT2D eigenvalue weighted by Gasteiger charge is 2.23. The number of rotatable bonds is 7. The van der Waals surface area contributed by atoms with Gasteiger partial charge in [-0.25, -0.2) is 13.6 Å². The molecule has 0 aliphatic carbocycles. The van der Waals surface area contributed by atoms with Crippen molar-refractivity contribution in [3.63, 3.8) is 0 Å². The lowest BCUT2D eigenvalue weighted by Gasteiger charge is -2.14. The molecule has 0 bridgehead atoms. The molecule has 6 nitrogen and oxygen atoms in total. The smallest absolute Gasteiger partial charge is 0.331 e. The van der Waals surface area contributed by atoms with Crippen LogP contribution in [0.15, 0.2) is 64.2 Å². The summed E-state index contributed by atoms with van der Waals surface area (Å²) in [4.78, 5) is 26.4. The Balaban J connectivity index is 1.98. The standard InChI is InChI=1S/C26H28F2N4O2/c1-16(2)14-32-22-17(3)31(15-18-10-12-19(13-11-18)23(27)28)24(29-20-8-6-5-7-9-20)21(22)25(33)30(4)26(32)34/h5-13,16,23,29H,14-15H2,1-4H3. The van der Waals surface area contributed by atoms with Crippen molar-refractivity contribution >= 4 is 22.4 Å². The number of hydrogen-bond acceptors (Lipinski definition) is 3. The Labute approximate surface area is 196 Å². The van der Waals surface area contributed by atoms with Crippen LogP contribution in [0.25, 0.3) is 10.9 Å². The highest BCUT2D eigenvalue weighted by molar-refractivity contribution is 5.94. The summed E-state index contributed by atoms with van der Waals surface area (Å²) in [7, 11) is 1.49. The lowest BCUT2D eigenvalue weighted by molar-refractivity contribution is 0.151. The number of hydrogen-bond donors (Lipinski definition) is 1. The lowest BCUT2D eigenvalue weighted by Crippen LogP contribution is -2.38. The molecule has 4 aromatic rings. The first kappa shape index (κ1) is 23.5. The summed E-state index contributed by atoms with van der Waals surface area (Å²) in [5.74, 6) is 0.753. The molecule has 1 N–H and O–H groups in total. The van der Waals surface area contributed by atoms with Gasteiger partial charge in [0.05, 0.1) is 5.52 Å². The van der Waals surface area contributed by atoms with E-state index in [0.29, 0.717) is 29.8 Å². The molecule has 0 radical (unpaired) electrons. The first-order valence-electron chi connectivity index (χ1n) is 11.2. The van der Waals surface area contributed by atoms with Crippen molar-refractivity contribution in [2.45, 2.75) is 40.3 Å². The first-order chi connectivity index (χ1) is 16.2. The summed E-state index contributed by atoms with van der Waals surface area (Å²) >= 11 is 0. The second kappa shape index (κ2) is 9.29. The monoisotopic (exact) mass is 466 g/mol. The minimum Gasteiger partial charge on any atom is -0.341 e. The summed E-state index contributed by atoms with van der Waals surface area (Å²) in [6.45, 7) is 6.72. The molecule has 2 heterocycles. The zero-order valence-corrected chi connectivity index (χ0v) is 19.7. The normalized spacial score (nSPS) is 11.6. The molecule has 4 rings (SSSR count). The van der Waals surface area contributed by atoms with Gasteiger partial charge in [0, 0.05) is 37.1 Å². The van der Waals surface area contributed by atoms with Crippen molar-refractivity contribution in [2.75, 3.05) is 5.32 Å². The van der Waals surface area contributed by atoms with Crippen LogP contribution >= 0.6 is 0 Å². The SMILES string of the molecule is Cc1c2c(c(Nc3ccccc3)n1Cc1ccc(C(F)F)cc1)c(=O)n(C)c(=O)n2CC(C)C. The number of para-hydroxylation sites is 1. The number of nitrogens with zero attached hydrogens (tertiary/aromatic N) is 3. The highest BCUT2D eigenvalue weighted by Crippen LogP contribution is 2.31. The van der Waals surface area contributed by atoms with Crippen molar-refractivity contribution in [3.8, 4) is 0 Å². The number of halogens is 2. The second-order valence-electron chi connectivity index (χ2n) is 8.93. The largest absolute Gasteiger partial charge is 0.341 e. The number of anilines is 2. The predicted molar refractivity (Wildman–Crippen MR) is 131 cm³/mol. The van der Waals surface area contributed by atoms with E-state index in [4.69, 9.17) is 0 Å². The number of benzene rings is 2. The molecule has 0 unspecified atom stereocenters. The van der Waals surface area contributed by atoms with Crippen LogP contribution in [-0.4, -0.2) is 13.7 Å². The molecule has 8 heteroatoms. The van der Waals surface area contributed by atoms with E-state index in [1.54, 1.807) is 16.7 Å². The van der Waals surface area contributed by atoms with Crippen LogP contribution in [0, 0.1) is 12.8 Å². The molecular weight excluding hydrogens is 438 g/mol. The van der Waals surface area contributed by atoms with Crippen LogP contribution in [0.2, 0.25) is 0 Å². The summed E-state index contributed by atoms with van der Waals surface area (Å²) in [6, 6.07) is 15.6. The zero-order valence-electron chi connectivity index (χ0n) is 19.7. The van der Waals surface area contributed by atoms with E-state index in [2.05, 4.69) is 5.32 Å². The molecule has 0 atom stereocenters. The fraction of sp³-hybridized carbons (Fsp3) is 0.308. The molecule has 0 aliphatic rings. The third-order valence-electron chi connectivity index (χ3n) is 5.95. The Morgan fingerprint density at radius 1 is 0.941 bits per heavy atom. The van der Waals surface area contributed by atoms with Crippen molar-refractivity contribution in [1.82, 2.24) is 13.7 Å². The molecule has 2 aromatic carbocycles. The Morgan fingerprint density at radius 2 is 1.59 bits per heavy atom. The molecule has 0 amide bonds. The summed E-state index contributed by atoms with van der Waals surface area (Å²) in [6.07, 6.45) is -2.53. The molecule has 178 valence electrons. The van der Waals surface area contributed by atoms with Gasteiger partial charge in [-0.1, -0.05) is 56.3 Å². The maximum Gasteiger partial charge on any atom is 0.331 e. The number of alkyl halides is 2. The molecule has 0 fully saturated rings. The van der Waals surface area contributed by atoms with Crippen molar-refractivity contribution in [2.24, 2.45) is 13.0 Å². The number of aryl methyl sites for hydroxylation is 1. The van der Waals surface area contributed by atoms with Gasteiger partial charge in [0.15, 0.2) is 0 Å². The van der Waals surface area contributed by atoms with Gasteiger partial charge in [-0.3, -0.25) is 13.9 Å². The van der Waals surface area contributed by atoms with Crippen molar-refractivity contribution < 1.29 is 8.78 Å². The molecule has 0 spiro atoms. The van der Waals surface area contributed by atoms with Gasteiger partial charge in [-0.2, -0.15) is 0 Å². The van der Waals surface area contributed by atoms with Gasteiger partial charge in [0.2, 0.25) is 0 Å². The summed E-state index contributed by atoms with van der Waals surface area (Å²) in [5, 5.41) is 3.79. The maximum absolute atomic E-state index is 13.3. The van der Waals surface area contributed by atoms with Crippen LogP contribution in [0.3, 0.4) is 0 Å². The van der Waals surface area contributed by atoms with Crippen LogP contribution in [0.4, 0.5) is 20.3 Å². The van der Waals surface area contributed by atoms with Crippen LogP contribution in [-0.2, 0) is 20.1 Å². The second-order valence-corrected chi connectivity index (χ2v) is 8.93. The zero-order chi connectivity index (χ0) is 24.6. The Bertz CT molecular complexity index is 1430. The third-order valence-corrected chi connectivity index (χ3v) is 5.95. The number of fused-ring (bicyclic) bond motifs is 1. The van der Waals surface area contributed by atoms with Gasteiger partial charge in [0.1, 0.15) is 11.2 Å². The molecule has 0 aliphatic heterocycles. The lowest BCUT2D eigenvalue weighted by atomic mass is 10.1. The molecular formula is C26H28F2N4O2. The van der Waals surface area contributed by atoms with E-state index in [1.165, 1.54) is 19.2 Å². The van der Waals surface area contributed by atoms with Crippen LogP contribution < -0.4 is 16.6 Å². The van der Waals surface area contributed by atoms with E-state index in [1.807, 2.05) is 55.7 Å². The van der Waals surface area contributed by atoms with E-state index in [0.717, 1.165) is 21.5 Å². The van der Waals surface area contributed by atoms with E-state index >= 15 is 0 Å². The van der Waals surface area contributed by atoms with Gasteiger partial charge < -0.3 is 9.88 Å². The summed E-state index contributed by atoms with van der Waals surface area (Å²) < 4.78 is 30.8. The van der Waals surface area contributed by atoms with Gasteiger partial charge >= 0.3 is 5.69 Å². The Morgan fingerprint density at radius 3 is 2.18 bits per heavy atom. The topological polar surface area (TPSA) is 61.0 Å². The fourth-order valence-corrected chi connectivity index (χ4v) is 4.26. The Kier molecular flexibility index (Phi) is 6.41. The van der Waals surface area contributed by atoms with E-state index in [9.17, 15) is 18.4 Å². The van der Waals surface area contributed by atoms with Crippen LogP contribution in [0.5, 0.6) is 0 Å². The van der Waals surface area contributed by atoms with Crippen molar-refractivity contribution in [1.29, 1.82) is 0 Å². The highest BCUT2D eigenvalue weighted by atomic mass is 19.3. The first-order valence-corrected chi connectivity index (χ1v) is 11.2. The van der Waals surface area contributed by atoms with E-state index < -0.39 is 6.43 Å². The number of nitrogens with one attached hydrogen (secondary N) is 1. The van der Waals surface area contributed by atoms with Gasteiger partial charge in [-0.15, -0.1) is 0 Å². The molecule has 0 saturated carbocycles. The average molecular weight is 467 g/mol. The van der Waals surface area contributed by atoms with Crippen LogP contribution in [0.1, 0.15) is 37.1 Å². The van der Waals surface area contributed by atoms with Gasteiger partial charge in [0.25, 0.3) is 12.0 Å². The fourth-order valence-electron chi connectivity index (χ4n) is 4.26. The van der Waals surface area contributed by atoms with Crippen molar-refractivity contribution in [3.05, 3.63) is 92.3 Å². The molecule has 34 heavy (non-hydrogen) atoms. The van der Waals surface area contributed by atoms with E-state index in [-0.39, 0.29) is 22.7 Å². The molecule has 2 aromatic heterocycles. The quantitative estimate of drug-likeness (QED) is 0.408. The minimum atomic E-state index is -2.53. The summed E-state index contributed by atoms with van der Waals surface area (Å²) in [5.41, 5.74) is 2.15. The molecule has 0 saturated heterocycles. The minimum absolute atomic E-state index is 0.0413. The Hall–Kier alpha value is -3.68. The predicted octanol–water partition coefficient (Wildman–Crippen LogP) is 5.20. The van der Waals surface area contributed by atoms with Gasteiger partial charge in [-0.05, 0) is 30.5 Å². The third kappa shape index (κ3) is 4.27. The maximum atomic E-state index is 13.3. The average Bonchev–Trinajstić information content (AvgIpc) is 3.07.